The van der Waals surface area contributed by atoms with E-state index in [0.29, 0.717) is 11.5 Å². The predicted molar refractivity (Wildman–Crippen MR) is 415 cm³/mol. The summed E-state index contributed by atoms with van der Waals surface area (Å²) >= 11 is 13.6. The van der Waals surface area contributed by atoms with E-state index in [2.05, 4.69) is 27.7 Å². The quantitative estimate of drug-likeness (QED) is 0.0239. The molecule has 0 aromatic heterocycles. The normalized spacial score (nSPS) is 13.9. The zero-order valence-electron chi connectivity index (χ0n) is 60.3. The fraction of sp³-hybridized carbons (Fsp3) is 0.700. The maximum Gasteiger partial charge on any atom is 2.00 e. The van der Waals surface area contributed by atoms with Crippen LogP contribution in [0.4, 0.5) is 0 Å². The van der Waals surface area contributed by atoms with Crippen molar-refractivity contribution >= 4 is 57.8 Å². The summed E-state index contributed by atoms with van der Waals surface area (Å²) in [6.07, 6.45) is 54.9. The minimum absolute atomic E-state index is 0. The van der Waals surface area contributed by atoms with E-state index in [1.807, 2.05) is 121 Å². The van der Waals surface area contributed by atoms with Crippen molar-refractivity contribution in [3.8, 4) is 23.0 Å². The first kappa shape index (κ1) is 89.6. The Kier molecular flexibility index (Phi) is 59.9. The fourth-order valence-corrected chi connectivity index (χ4v) is 18.1. The second kappa shape index (κ2) is 63.5. The second-order valence-corrected chi connectivity index (χ2v) is 38.4. The monoisotopic (exact) mass is 1470 g/mol. The molecule has 0 N–H and O–H groups in total. The topological polar surface area (TPSA) is 102 Å². The molecule has 15 heteroatoms. The van der Waals surface area contributed by atoms with Gasteiger partial charge in [0.15, 0.2) is 0 Å². The van der Waals surface area contributed by atoms with E-state index in [4.69, 9.17) is 51.6 Å². The van der Waals surface area contributed by atoms with Crippen molar-refractivity contribution in [2.75, 3.05) is 24.7 Å². The average molecular weight is 1480 g/mol. The number of para-hydroxylation sites is 4. The molecule has 0 spiro atoms. The van der Waals surface area contributed by atoms with Crippen molar-refractivity contribution in [1.82, 2.24) is 0 Å². The smallest absolute Gasteiger partial charge is 0.793 e. The number of rotatable bonds is 64. The van der Waals surface area contributed by atoms with Crippen LogP contribution in [0.3, 0.4) is 0 Å². The van der Waals surface area contributed by atoms with Crippen molar-refractivity contribution in [2.45, 2.75) is 335 Å². The Bertz CT molecular complexity index is 2040. The summed E-state index contributed by atoms with van der Waals surface area (Å²) in [5.74, 6) is 4.42. The zero-order chi connectivity index (χ0) is 67.4. The van der Waals surface area contributed by atoms with E-state index in [1.165, 1.54) is 254 Å². The van der Waals surface area contributed by atoms with Crippen molar-refractivity contribution in [3.63, 3.8) is 0 Å². The molecular formula is C80H132O8P2S4Zn. The Labute approximate surface area is 614 Å². The molecule has 0 saturated carbocycles. The summed E-state index contributed by atoms with van der Waals surface area (Å²) < 4.78 is 37.2. The van der Waals surface area contributed by atoms with Gasteiger partial charge < -0.3 is 37.8 Å². The molecule has 6 unspecified atom stereocenters. The number of ether oxygens (including phenoxy) is 4. The minimum Gasteiger partial charge on any atom is -0.793 e. The number of hydrogen-bond donors (Lipinski definition) is 0. The summed E-state index contributed by atoms with van der Waals surface area (Å²) in [4.78, 5) is 26.9. The average Bonchev–Trinajstić information content (AvgIpc) is 2.50. The van der Waals surface area contributed by atoms with E-state index in [-0.39, 0.29) is 57.1 Å². The Balaban J connectivity index is 0.000000640. The molecule has 6 atom stereocenters. The summed E-state index contributed by atoms with van der Waals surface area (Å²) in [5, 5.41) is 0. The number of hydrogen-bond acceptors (Lipinski definition) is 12. The van der Waals surface area contributed by atoms with Gasteiger partial charge in [-0.05, 0) is 99.9 Å². The van der Waals surface area contributed by atoms with E-state index >= 15 is 0 Å². The molecule has 95 heavy (non-hydrogen) atoms. The Hall–Kier alpha value is -1.46. The summed E-state index contributed by atoms with van der Waals surface area (Å²) in [5.41, 5.74) is -6.60. The molecule has 0 fully saturated rings. The summed E-state index contributed by atoms with van der Waals surface area (Å²) in [6, 6.07) is 39.6. The van der Waals surface area contributed by atoms with E-state index in [0.717, 1.165) is 74.4 Å². The molecule has 0 aliphatic heterocycles. The maximum atomic E-state index is 13.5. The van der Waals surface area contributed by atoms with Gasteiger partial charge in [0, 0.05) is 22.9 Å². The molecule has 4 rings (SSSR count). The molecule has 0 saturated heterocycles. The SMILES string of the molecule is CCCCCCCCCCCCC(COP([O-])(=S)SCC(CCCCCCCCCCCC)Oc1ccccc1)Oc1ccccc1.CCCCCCCCCCCCC(COP([O-])(=S)SCC(CCCCCCCCCCCC)Oc1ccccc1)Oc1ccccc1.[Zn+2]. The number of benzene rings is 4. The van der Waals surface area contributed by atoms with Crippen LogP contribution < -0.4 is 28.7 Å². The number of unbranched alkanes of at least 4 members (excludes halogenated alkanes) is 36. The van der Waals surface area contributed by atoms with Crippen molar-refractivity contribution in [2.24, 2.45) is 0 Å². The van der Waals surface area contributed by atoms with Crippen LogP contribution in [0.15, 0.2) is 121 Å². The van der Waals surface area contributed by atoms with Crippen molar-refractivity contribution in [1.29, 1.82) is 0 Å². The molecule has 4 aromatic carbocycles. The van der Waals surface area contributed by atoms with Crippen LogP contribution in [0.2, 0.25) is 0 Å². The van der Waals surface area contributed by atoms with Crippen LogP contribution >= 0.6 is 34.2 Å². The van der Waals surface area contributed by atoms with Gasteiger partial charge in [0.2, 0.25) is 0 Å². The molecule has 0 aliphatic carbocycles. The fourth-order valence-electron chi connectivity index (χ4n) is 11.7. The molecule has 8 nitrogen and oxygen atoms in total. The van der Waals surface area contributed by atoms with E-state index in [1.54, 1.807) is 0 Å². The third-order valence-electron chi connectivity index (χ3n) is 17.4. The first-order valence-corrected chi connectivity index (χ1v) is 46.6. The van der Waals surface area contributed by atoms with Gasteiger partial charge in [-0.25, -0.2) is 0 Å². The Morgan fingerprint density at radius 2 is 0.463 bits per heavy atom. The van der Waals surface area contributed by atoms with Gasteiger partial charge in [0.05, 0.1) is 13.2 Å². The second-order valence-electron chi connectivity index (χ2n) is 26.2. The predicted octanol–water partition coefficient (Wildman–Crippen LogP) is 25.7. The van der Waals surface area contributed by atoms with Gasteiger partial charge >= 0.3 is 19.5 Å². The molecule has 0 bridgehead atoms. The van der Waals surface area contributed by atoms with Crippen LogP contribution in [0.1, 0.15) is 310 Å². The van der Waals surface area contributed by atoms with Crippen LogP contribution in [-0.2, 0) is 52.1 Å². The van der Waals surface area contributed by atoms with E-state index in [9.17, 15) is 9.79 Å². The molecule has 0 heterocycles. The standard InChI is InChI=1S/2C40H67O4PS2.Zn/c2*1-3-5-7-9-11-13-15-17-19-23-33-39(43-37-29-25-21-26-30-37)35-42-45(41,46)47-36-40(44-38-31-27-22-28-32-38)34-24-20-18-16-14-12-10-8-6-4-2;/h2*21-22,25-32,39-40H,3-20,23-24,33-36H2,1-2H3,(H,41,46);/q;;+2/p-2. The molecule has 0 aliphatic rings. The van der Waals surface area contributed by atoms with Gasteiger partial charge in [0.25, 0.3) is 0 Å². The third-order valence-corrected chi connectivity index (χ3v) is 25.9. The molecule has 0 radical (unpaired) electrons. The third kappa shape index (κ3) is 54.0. The molecule has 0 amide bonds. The molecule has 4 aromatic rings. The zero-order valence-corrected chi connectivity index (χ0v) is 68.3. The molecule has 536 valence electrons. The van der Waals surface area contributed by atoms with Gasteiger partial charge in [-0.1, -0.05) is 355 Å². The van der Waals surface area contributed by atoms with Gasteiger partial charge in [-0.3, -0.25) is 0 Å². The van der Waals surface area contributed by atoms with Crippen molar-refractivity contribution in [3.05, 3.63) is 121 Å². The van der Waals surface area contributed by atoms with Crippen LogP contribution in [0.5, 0.6) is 23.0 Å². The Morgan fingerprint density at radius 3 is 0.674 bits per heavy atom. The summed E-state index contributed by atoms with van der Waals surface area (Å²) in [6.45, 7) is 9.55. The van der Waals surface area contributed by atoms with Crippen molar-refractivity contribution < 1.29 is 57.3 Å². The minimum atomic E-state index is -3.30. The van der Waals surface area contributed by atoms with Gasteiger partial charge in [-0.2, -0.15) is 0 Å². The summed E-state index contributed by atoms with van der Waals surface area (Å²) in [7, 11) is 0. The largest absolute Gasteiger partial charge is 2.00 e. The van der Waals surface area contributed by atoms with Crippen LogP contribution in [0, 0.1) is 0 Å². The maximum absolute atomic E-state index is 13.5. The van der Waals surface area contributed by atoms with E-state index < -0.39 is 11.4 Å². The first-order chi connectivity index (χ1) is 46.0. The van der Waals surface area contributed by atoms with Gasteiger partial charge in [0.1, 0.15) is 47.4 Å². The first-order valence-electron chi connectivity index (χ1n) is 38.1. The van der Waals surface area contributed by atoms with Gasteiger partial charge in [-0.15, -0.1) is 22.8 Å². The van der Waals surface area contributed by atoms with Crippen LogP contribution in [-0.4, -0.2) is 49.1 Å². The van der Waals surface area contributed by atoms with Crippen LogP contribution in [0.25, 0.3) is 0 Å². The Morgan fingerprint density at radius 1 is 0.284 bits per heavy atom. The molecular weight excluding hydrogens is 1340 g/mol.